The monoisotopic (exact) mass is 242 g/mol. The molecule has 2 N–H and O–H groups in total. The van der Waals surface area contributed by atoms with E-state index in [1.165, 1.54) is 0 Å². The molecule has 1 aliphatic rings. The summed E-state index contributed by atoms with van der Waals surface area (Å²) in [6, 6.07) is 0. The summed E-state index contributed by atoms with van der Waals surface area (Å²) in [5.74, 6) is 0.270. The van der Waals surface area contributed by atoms with Gasteiger partial charge in [-0.2, -0.15) is 0 Å². The molecule has 17 heavy (non-hydrogen) atoms. The van der Waals surface area contributed by atoms with Gasteiger partial charge in [0.15, 0.2) is 0 Å². The first-order valence-electron chi connectivity index (χ1n) is 6.71. The maximum absolute atomic E-state index is 11.8. The lowest BCUT2D eigenvalue weighted by atomic mass is 9.58. The largest absolute Gasteiger partial charge is 0.481 e. The van der Waals surface area contributed by atoms with Gasteiger partial charge >= 0.3 is 5.97 Å². The van der Waals surface area contributed by atoms with Crippen molar-refractivity contribution < 1.29 is 15.0 Å². The number of hydrogen-bond acceptors (Lipinski definition) is 2. The zero-order valence-electron chi connectivity index (χ0n) is 11.4. The van der Waals surface area contributed by atoms with E-state index in [1.807, 2.05) is 0 Å². The average molecular weight is 242 g/mol. The lowest BCUT2D eigenvalue weighted by molar-refractivity contribution is -0.161. The molecule has 0 bridgehead atoms. The Kier molecular flexibility index (Phi) is 4.59. The lowest BCUT2D eigenvalue weighted by Crippen LogP contribution is -2.47. The van der Waals surface area contributed by atoms with E-state index < -0.39 is 17.5 Å². The lowest BCUT2D eigenvalue weighted by Gasteiger charge is -2.46. The van der Waals surface area contributed by atoms with Crippen LogP contribution < -0.4 is 0 Å². The van der Waals surface area contributed by atoms with Gasteiger partial charge in [0.25, 0.3) is 0 Å². The van der Waals surface area contributed by atoms with Crippen LogP contribution in [0, 0.1) is 23.2 Å². The molecule has 0 amide bonds. The van der Waals surface area contributed by atoms with Crippen LogP contribution in [0.5, 0.6) is 0 Å². The Balaban J connectivity index is 3.05. The number of aliphatic hydroxyl groups excluding tert-OH is 1. The molecular weight excluding hydrogens is 216 g/mol. The first kappa shape index (κ1) is 14.5. The fraction of sp³-hybridized carbons (Fsp3) is 0.929. The summed E-state index contributed by atoms with van der Waals surface area (Å²) >= 11 is 0. The molecule has 3 nitrogen and oxygen atoms in total. The minimum absolute atomic E-state index is 0.186. The highest BCUT2D eigenvalue weighted by atomic mass is 16.4. The Hall–Kier alpha value is -0.570. The van der Waals surface area contributed by atoms with E-state index in [9.17, 15) is 15.0 Å². The van der Waals surface area contributed by atoms with Crippen LogP contribution in [0.2, 0.25) is 0 Å². The highest BCUT2D eigenvalue weighted by molar-refractivity contribution is 5.75. The first-order chi connectivity index (χ1) is 7.79. The molecule has 1 saturated carbocycles. The number of carboxylic acids is 1. The number of aliphatic carboxylic acids is 1. The third-order valence-corrected chi connectivity index (χ3v) is 4.28. The Morgan fingerprint density at radius 3 is 2.35 bits per heavy atom. The van der Waals surface area contributed by atoms with E-state index in [0.29, 0.717) is 24.7 Å². The Bertz CT molecular complexity index is 269. The van der Waals surface area contributed by atoms with Crippen LogP contribution in [-0.2, 0) is 4.79 Å². The Morgan fingerprint density at radius 1 is 1.35 bits per heavy atom. The van der Waals surface area contributed by atoms with Crippen LogP contribution in [0.4, 0.5) is 0 Å². The molecule has 4 atom stereocenters. The SMILES string of the molecule is CC(O)CC1(C(=O)O)CC(C)CCC1C(C)C. The fourth-order valence-electron chi connectivity index (χ4n) is 3.68. The van der Waals surface area contributed by atoms with Gasteiger partial charge in [-0.1, -0.05) is 27.2 Å². The number of carbonyl (C=O) groups is 1. The average Bonchev–Trinajstić information content (AvgIpc) is 2.15. The third kappa shape index (κ3) is 3.01. The molecule has 100 valence electrons. The molecule has 0 aromatic carbocycles. The molecule has 1 rings (SSSR count). The van der Waals surface area contributed by atoms with Crippen LogP contribution in [0.3, 0.4) is 0 Å². The summed E-state index contributed by atoms with van der Waals surface area (Å²) in [5, 5.41) is 19.3. The van der Waals surface area contributed by atoms with Gasteiger partial charge in [0.1, 0.15) is 0 Å². The zero-order valence-corrected chi connectivity index (χ0v) is 11.4. The fourth-order valence-corrected chi connectivity index (χ4v) is 3.68. The molecule has 0 aromatic heterocycles. The third-order valence-electron chi connectivity index (χ3n) is 4.28. The van der Waals surface area contributed by atoms with Crippen LogP contribution in [-0.4, -0.2) is 22.3 Å². The molecule has 0 saturated heterocycles. The predicted molar refractivity (Wildman–Crippen MR) is 67.7 cm³/mol. The van der Waals surface area contributed by atoms with E-state index in [0.717, 1.165) is 12.8 Å². The summed E-state index contributed by atoms with van der Waals surface area (Å²) in [6.45, 7) is 8.01. The normalized spacial score (nSPS) is 35.9. The van der Waals surface area contributed by atoms with Gasteiger partial charge in [-0.15, -0.1) is 0 Å². The van der Waals surface area contributed by atoms with Crippen molar-refractivity contribution in [1.29, 1.82) is 0 Å². The second-order valence-corrected chi connectivity index (χ2v) is 6.25. The van der Waals surface area contributed by atoms with Gasteiger partial charge in [-0.25, -0.2) is 0 Å². The van der Waals surface area contributed by atoms with E-state index in [2.05, 4.69) is 20.8 Å². The van der Waals surface area contributed by atoms with Crippen molar-refractivity contribution >= 4 is 5.97 Å². The maximum Gasteiger partial charge on any atom is 0.310 e. The van der Waals surface area contributed by atoms with Crippen molar-refractivity contribution in [3.8, 4) is 0 Å². The van der Waals surface area contributed by atoms with Crippen molar-refractivity contribution in [3.63, 3.8) is 0 Å². The molecule has 1 fully saturated rings. The van der Waals surface area contributed by atoms with Crippen molar-refractivity contribution in [2.45, 2.75) is 59.5 Å². The van der Waals surface area contributed by atoms with Gasteiger partial charge < -0.3 is 10.2 Å². The first-order valence-corrected chi connectivity index (χ1v) is 6.71. The second kappa shape index (κ2) is 5.38. The smallest absolute Gasteiger partial charge is 0.310 e. The maximum atomic E-state index is 11.8. The minimum atomic E-state index is -0.722. The minimum Gasteiger partial charge on any atom is -0.481 e. The summed E-state index contributed by atoms with van der Waals surface area (Å²) in [4.78, 5) is 11.8. The van der Waals surface area contributed by atoms with Crippen LogP contribution in [0.1, 0.15) is 53.4 Å². The van der Waals surface area contributed by atoms with Gasteiger partial charge in [0.2, 0.25) is 0 Å². The summed E-state index contributed by atoms with van der Waals surface area (Å²) in [7, 11) is 0. The van der Waals surface area contributed by atoms with Crippen molar-refractivity contribution in [2.75, 3.05) is 0 Å². The van der Waals surface area contributed by atoms with Gasteiger partial charge in [0, 0.05) is 0 Å². The van der Waals surface area contributed by atoms with Crippen molar-refractivity contribution in [2.24, 2.45) is 23.2 Å². The summed E-state index contributed by atoms with van der Waals surface area (Å²) in [5.41, 5.74) is -0.722. The van der Waals surface area contributed by atoms with Gasteiger partial charge in [-0.3, -0.25) is 4.79 Å². The van der Waals surface area contributed by atoms with Gasteiger partial charge in [-0.05, 0) is 43.9 Å². The predicted octanol–water partition coefficient (Wildman–Crippen LogP) is 2.92. The topological polar surface area (TPSA) is 57.5 Å². The Morgan fingerprint density at radius 2 is 1.94 bits per heavy atom. The molecule has 0 aliphatic heterocycles. The highest BCUT2D eigenvalue weighted by Crippen LogP contribution is 2.50. The number of hydrogen-bond donors (Lipinski definition) is 2. The van der Waals surface area contributed by atoms with E-state index >= 15 is 0 Å². The Labute approximate surface area is 104 Å². The molecule has 0 radical (unpaired) electrons. The van der Waals surface area contributed by atoms with Crippen molar-refractivity contribution in [1.82, 2.24) is 0 Å². The van der Waals surface area contributed by atoms with E-state index in [-0.39, 0.29) is 5.92 Å². The van der Waals surface area contributed by atoms with Crippen LogP contribution in [0.25, 0.3) is 0 Å². The molecule has 0 aromatic rings. The van der Waals surface area contributed by atoms with Crippen LogP contribution in [0.15, 0.2) is 0 Å². The van der Waals surface area contributed by atoms with E-state index in [1.54, 1.807) is 6.92 Å². The summed E-state index contributed by atoms with van der Waals surface area (Å²) in [6.07, 6.45) is 2.62. The summed E-state index contributed by atoms with van der Waals surface area (Å²) < 4.78 is 0. The molecule has 4 unspecified atom stereocenters. The highest BCUT2D eigenvalue weighted by Gasteiger charge is 2.50. The molecule has 1 aliphatic carbocycles. The van der Waals surface area contributed by atoms with E-state index in [4.69, 9.17) is 0 Å². The number of carboxylic acid groups (broad SMARTS) is 1. The number of aliphatic hydroxyl groups is 1. The van der Waals surface area contributed by atoms with Crippen LogP contribution >= 0.6 is 0 Å². The quantitative estimate of drug-likeness (QED) is 0.797. The standard InChI is InChI=1S/C14H26O3/c1-9(2)12-6-5-10(3)7-14(12,13(16)17)8-11(4)15/h9-12,15H,5-8H2,1-4H3,(H,16,17). The number of rotatable bonds is 4. The van der Waals surface area contributed by atoms with Gasteiger partial charge in [0.05, 0.1) is 11.5 Å². The zero-order chi connectivity index (χ0) is 13.2. The molecular formula is C14H26O3. The molecule has 0 heterocycles. The second-order valence-electron chi connectivity index (χ2n) is 6.25. The molecule has 3 heteroatoms. The molecule has 0 spiro atoms. The van der Waals surface area contributed by atoms with Crippen molar-refractivity contribution in [3.05, 3.63) is 0 Å².